The molecule has 2 unspecified atom stereocenters. The van der Waals surface area contributed by atoms with E-state index < -0.39 is 0 Å². The standard InChI is InChI=1S/C13H22N2O/c1-8-5-11(12(15)7-10(3)14)6-9(2)13(8)16-4/h5-6,10,12H,7,14-15H2,1-4H3. The van der Waals surface area contributed by atoms with Crippen molar-refractivity contribution in [1.29, 1.82) is 0 Å². The molecule has 0 bridgehead atoms. The van der Waals surface area contributed by atoms with Crippen molar-refractivity contribution < 1.29 is 4.74 Å². The summed E-state index contributed by atoms with van der Waals surface area (Å²) in [7, 11) is 1.69. The minimum absolute atomic E-state index is 0.00306. The number of methoxy groups -OCH3 is 1. The quantitative estimate of drug-likeness (QED) is 0.819. The Bertz CT molecular complexity index is 338. The smallest absolute Gasteiger partial charge is 0.124 e. The zero-order chi connectivity index (χ0) is 12.3. The van der Waals surface area contributed by atoms with Gasteiger partial charge in [-0.1, -0.05) is 12.1 Å². The molecule has 1 rings (SSSR count). The number of aryl methyl sites for hydroxylation is 2. The molecule has 4 N–H and O–H groups in total. The maximum Gasteiger partial charge on any atom is 0.124 e. The molecule has 2 atom stereocenters. The molecule has 0 saturated carbocycles. The Morgan fingerprint density at radius 1 is 1.19 bits per heavy atom. The lowest BCUT2D eigenvalue weighted by atomic mass is 9.97. The average molecular weight is 222 g/mol. The molecule has 0 aliphatic rings. The van der Waals surface area contributed by atoms with Gasteiger partial charge in [0.05, 0.1) is 7.11 Å². The van der Waals surface area contributed by atoms with Gasteiger partial charge in [0.25, 0.3) is 0 Å². The average Bonchev–Trinajstić information content (AvgIpc) is 2.16. The lowest BCUT2D eigenvalue weighted by Crippen LogP contribution is -2.23. The van der Waals surface area contributed by atoms with Crippen molar-refractivity contribution in [2.75, 3.05) is 7.11 Å². The van der Waals surface area contributed by atoms with E-state index in [1.54, 1.807) is 7.11 Å². The van der Waals surface area contributed by atoms with Gasteiger partial charge in [-0.05, 0) is 43.9 Å². The highest BCUT2D eigenvalue weighted by Gasteiger charge is 2.12. The van der Waals surface area contributed by atoms with Gasteiger partial charge in [0, 0.05) is 12.1 Å². The number of hydrogen-bond acceptors (Lipinski definition) is 3. The number of ether oxygens (including phenoxy) is 1. The lowest BCUT2D eigenvalue weighted by molar-refractivity contribution is 0.408. The molecule has 0 heterocycles. The van der Waals surface area contributed by atoms with Crippen LogP contribution >= 0.6 is 0 Å². The molecule has 0 radical (unpaired) electrons. The van der Waals surface area contributed by atoms with Crippen LogP contribution in [0.2, 0.25) is 0 Å². The van der Waals surface area contributed by atoms with E-state index in [0.29, 0.717) is 0 Å². The molecule has 0 spiro atoms. The second-order valence-electron chi connectivity index (χ2n) is 4.51. The van der Waals surface area contributed by atoms with Crippen molar-refractivity contribution in [2.45, 2.75) is 39.3 Å². The molecule has 0 amide bonds. The van der Waals surface area contributed by atoms with E-state index in [-0.39, 0.29) is 12.1 Å². The Morgan fingerprint density at radius 2 is 1.69 bits per heavy atom. The summed E-state index contributed by atoms with van der Waals surface area (Å²) in [6.07, 6.45) is 0.797. The molecular weight excluding hydrogens is 200 g/mol. The highest BCUT2D eigenvalue weighted by Crippen LogP contribution is 2.27. The summed E-state index contributed by atoms with van der Waals surface area (Å²) < 4.78 is 5.33. The van der Waals surface area contributed by atoms with Crippen LogP contribution in [-0.2, 0) is 0 Å². The van der Waals surface area contributed by atoms with Crippen molar-refractivity contribution in [2.24, 2.45) is 11.5 Å². The maximum atomic E-state index is 6.10. The van der Waals surface area contributed by atoms with E-state index in [1.165, 1.54) is 0 Å². The molecule has 0 saturated heterocycles. The van der Waals surface area contributed by atoms with Crippen LogP contribution in [0.25, 0.3) is 0 Å². The minimum atomic E-state index is 0.00306. The monoisotopic (exact) mass is 222 g/mol. The second-order valence-corrected chi connectivity index (χ2v) is 4.51. The Hall–Kier alpha value is -1.06. The van der Waals surface area contributed by atoms with Crippen LogP contribution in [0.4, 0.5) is 0 Å². The van der Waals surface area contributed by atoms with Gasteiger partial charge in [-0.15, -0.1) is 0 Å². The van der Waals surface area contributed by atoms with Gasteiger partial charge in [0.15, 0.2) is 0 Å². The Morgan fingerprint density at radius 3 is 2.06 bits per heavy atom. The molecule has 0 aliphatic heterocycles. The molecule has 0 fully saturated rings. The molecular formula is C13H22N2O. The number of benzene rings is 1. The van der Waals surface area contributed by atoms with E-state index in [9.17, 15) is 0 Å². The molecule has 1 aromatic carbocycles. The summed E-state index contributed by atoms with van der Waals surface area (Å²) in [5, 5.41) is 0. The first kappa shape index (κ1) is 13.0. The van der Waals surface area contributed by atoms with Crippen LogP contribution in [0.15, 0.2) is 12.1 Å². The van der Waals surface area contributed by atoms with E-state index in [1.807, 2.05) is 20.8 Å². The Balaban J connectivity index is 2.99. The van der Waals surface area contributed by atoms with Crippen molar-refractivity contribution in [3.63, 3.8) is 0 Å². The third-order valence-corrected chi connectivity index (χ3v) is 2.74. The Kier molecular flexibility index (Phi) is 4.33. The van der Waals surface area contributed by atoms with E-state index in [2.05, 4.69) is 12.1 Å². The van der Waals surface area contributed by atoms with Crippen LogP contribution in [-0.4, -0.2) is 13.2 Å². The predicted octanol–water partition coefficient (Wildman–Crippen LogP) is 2.05. The summed E-state index contributed by atoms with van der Waals surface area (Å²) in [6.45, 7) is 6.05. The fourth-order valence-corrected chi connectivity index (χ4v) is 2.06. The summed E-state index contributed by atoms with van der Waals surface area (Å²) in [4.78, 5) is 0. The van der Waals surface area contributed by atoms with Crippen LogP contribution in [0.3, 0.4) is 0 Å². The topological polar surface area (TPSA) is 61.3 Å². The first-order valence-corrected chi connectivity index (χ1v) is 5.62. The normalized spacial score (nSPS) is 14.6. The highest BCUT2D eigenvalue weighted by atomic mass is 16.5. The third kappa shape index (κ3) is 2.97. The summed E-state index contributed by atoms with van der Waals surface area (Å²) in [5.74, 6) is 0.941. The summed E-state index contributed by atoms with van der Waals surface area (Å²) in [6, 6.07) is 4.29. The maximum absolute atomic E-state index is 6.10. The van der Waals surface area contributed by atoms with Crippen LogP contribution in [0, 0.1) is 13.8 Å². The first-order valence-electron chi connectivity index (χ1n) is 5.62. The van der Waals surface area contributed by atoms with Crippen LogP contribution < -0.4 is 16.2 Å². The molecule has 3 nitrogen and oxygen atoms in total. The molecule has 0 aliphatic carbocycles. The zero-order valence-electron chi connectivity index (χ0n) is 10.6. The zero-order valence-corrected chi connectivity index (χ0v) is 10.6. The lowest BCUT2D eigenvalue weighted by Gasteiger charge is -2.17. The number of rotatable bonds is 4. The van der Waals surface area contributed by atoms with Gasteiger partial charge in [-0.2, -0.15) is 0 Å². The molecule has 3 heteroatoms. The van der Waals surface area contributed by atoms with Gasteiger partial charge in [0.1, 0.15) is 5.75 Å². The minimum Gasteiger partial charge on any atom is -0.496 e. The fourth-order valence-electron chi connectivity index (χ4n) is 2.06. The summed E-state index contributed by atoms with van der Waals surface area (Å²) in [5.41, 5.74) is 15.2. The van der Waals surface area contributed by atoms with Gasteiger partial charge >= 0.3 is 0 Å². The highest BCUT2D eigenvalue weighted by molar-refractivity contribution is 5.44. The van der Waals surface area contributed by atoms with Crippen LogP contribution in [0.1, 0.15) is 36.1 Å². The molecule has 1 aromatic rings. The summed E-state index contributed by atoms with van der Waals surface area (Å²) >= 11 is 0. The van der Waals surface area contributed by atoms with E-state index in [0.717, 1.165) is 28.9 Å². The third-order valence-electron chi connectivity index (χ3n) is 2.74. The van der Waals surface area contributed by atoms with Gasteiger partial charge in [-0.25, -0.2) is 0 Å². The van der Waals surface area contributed by atoms with Crippen molar-refractivity contribution in [3.8, 4) is 5.75 Å². The second kappa shape index (κ2) is 5.32. The van der Waals surface area contributed by atoms with Gasteiger partial charge in [-0.3, -0.25) is 0 Å². The van der Waals surface area contributed by atoms with Crippen molar-refractivity contribution in [3.05, 3.63) is 28.8 Å². The SMILES string of the molecule is COc1c(C)cc(C(N)CC(C)N)cc1C. The number of hydrogen-bond donors (Lipinski definition) is 2. The van der Waals surface area contributed by atoms with E-state index in [4.69, 9.17) is 16.2 Å². The van der Waals surface area contributed by atoms with Gasteiger partial charge in [0.2, 0.25) is 0 Å². The fraction of sp³-hybridized carbons (Fsp3) is 0.538. The number of nitrogens with two attached hydrogens (primary N) is 2. The van der Waals surface area contributed by atoms with Gasteiger partial charge < -0.3 is 16.2 Å². The first-order chi connectivity index (χ1) is 7.45. The van der Waals surface area contributed by atoms with E-state index >= 15 is 0 Å². The van der Waals surface area contributed by atoms with Crippen molar-refractivity contribution in [1.82, 2.24) is 0 Å². The molecule has 90 valence electrons. The largest absolute Gasteiger partial charge is 0.496 e. The van der Waals surface area contributed by atoms with Crippen molar-refractivity contribution >= 4 is 0 Å². The molecule has 0 aromatic heterocycles. The molecule has 16 heavy (non-hydrogen) atoms. The Labute approximate surface area is 97.8 Å². The van der Waals surface area contributed by atoms with Crippen LogP contribution in [0.5, 0.6) is 5.75 Å². The predicted molar refractivity (Wildman–Crippen MR) is 67.7 cm³/mol.